The second-order valence-electron chi connectivity index (χ2n) is 39.3. The number of carbonyl (C=O) groups excluding carboxylic acids is 3. The van der Waals surface area contributed by atoms with Crippen LogP contribution in [0.2, 0.25) is 15.3 Å². The van der Waals surface area contributed by atoms with Crippen LogP contribution in [0, 0.1) is 46.9 Å². The number of rotatable bonds is 38. The highest BCUT2D eigenvalue weighted by Crippen LogP contribution is 2.37. The number of ether oxygens (including phenoxy) is 3. The van der Waals surface area contributed by atoms with Crippen molar-refractivity contribution in [3.8, 4) is 0 Å². The summed E-state index contributed by atoms with van der Waals surface area (Å²) in [5.74, 6) is 0.0782. The van der Waals surface area contributed by atoms with Gasteiger partial charge in [-0.25, -0.2) is 19.6 Å². The van der Waals surface area contributed by atoms with Crippen LogP contribution in [-0.4, -0.2) is 631 Å². The van der Waals surface area contributed by atoms with Crippen LogP contribution < -0.4 is 20.9 Å². The van der Waals surface area contributed by atoms with E-state index in [1.54, 1.807) is 35.9 Å². The van der Waals surface area contributed by atoms with Gasteiger partial charge in [-0.2, -0.15) is 0 Å². The van der Waals surface area contributed by atoms with Crippen LogP contribution in [0.1, 0.15) is 92.2 Å². The molecule has 2 amide bonds. The SMILES string of the molecule is CC(C)(C)OC(=O)C1CCNCC1.Cc1cc(Cl)c([N+](=O)[O-])c(Cl)n1.Cc1cc(N2CCN(C(=O)OC(C)(C)C)CC2)c(N)cn1.Cc1cc(N2CCN(C(=O)OC(C)(C)C)CC2)c([N+](=O)[O-])c(Cl)n1.[B]B([B])B(B([B])[B])B(B(B([B])[B])B([B])[B])B(B(B([B])[B])B([B])[B])B(B(B(B([B])[B])B([B])[B])B(B([B])[B])B([B])[B])B(B(B(B([B])[B])B([B])[B])B(B([B])[B])B([B])[B])B(B(B([B])[B])B([B])[B])B(B([B])[B])B([B])[B]. The molecule has 3 aliphatic rings. The summed E-state index contributed by atoms with van der Waals surface area (Å²) in [5, 5.41) is 24.6. The second kappa shape index (κ2) is 61.7. The van der Waals surface area contributed by atoms with E-state index in [0.717, 1.165) is 50.4 Å². The van der Waals surface area contributed by atoms with Gasteiger partial charge in [0, 0.05) is 565 Å². The number of halogens is 3. The molecule has 0 unspecified atom stereocenters. The number of aromatic nitrogens is 3. The highest BCUT2D eigenvalue weighted by Gasteiger charge is 2.65. The van der Waals surface area contributed by atoms with E-state index < -0.39 is 238 Å². The number of hydrogen-bond donors (Lipinski definition) is 2. The van der Waals surface area contributed by atoms with Gasteiger partial charge in [-0.3, -0.25) is 30.0 Å². The summed E-state index contributed by atoms with van der Waals surface area (Å²) in [6.07, 6.45) is -50.1. The Morgan fingerprint density at radius 1 is 0.357 bits per heavy atom. The zero-order chi connectivity index (χ0) is 109. The Hall–Kier alpha value is -0.965. The van der Waals surface area contributed by atoms with Gasteiger partial charge in [0.05, 0.1) is 33.3 Å². The fourth-order valence-corrected chi connectivity index (χ4v) is 20.2. The number of amides is 2. The molecule has 140 heavy (non-hydrogen) atoms. The fourth-order valence-electron chi connectivity index (χ4n) is 19.3. The number of nitro groups is 2. The van der Waals surface area contributed by atoms with Gasteiger partial charge in [-0.15, -0.1) is 0 Å². The van der Waals surface area contributed by atoms with E-state index in [2.05, 4.69) is 25.2 Å². The van der Waals surface area contributed by atoms with Gasteiger partial charge < -0.3 is 44.9 Å². The predicted molar refractivity (Wildman–Crippen MR) is 674 cm³/mol. The molecule has 598 valence electrons. The molecular weight excluding hydrogens is 1730 g/mol. The number of hydrogen-bond acceptors (Lipinski definition) is 17. The van der Waals surface area contributed by atoms with Crippen molar-refractivity contribution in [3.63, 3.8) is 0 Å². The maximum Gasteiger partial charge on any atom is 0.410 e. The van der Waals surface area contributed by atoms with Gasteiger partial charge in [0.15, 0.2) is 0 Å². The van der Waals surface area contributed by atoms with Gasteiger partial charge in [-0.05, 0) is 127 Å². The average Bonchev–Trinajstić information content (AvgIpc) is 0.716. The number of piperidine rings is 1. The molecule has 3 aliphatic heterocycles. The number of carbonyl (C=O) groups is 3. The number of nitrogens with two attached hydrogens (primary N) is 1. The van der Waals surface area contributed by atoms with Gasteiger partial charge in [0.2, 0.25) is 10.3 Å². The molecular formula is C46H68B70Cl3N11O10. The summed E-state index contributed by atoms with van der Waals surface area (Å²) in [4.78, 5) is 75.3. The molecule has 6 heterocycles. The molecule has 72 radical (unpaired) electrons. The molecule has 0 saturated carbocycles. The molecule has 3 aromatic rings. The molecule has 6 rings (SSSR count). The molecule has 3 aromatic heterocycles. The number of pyridine rings is 3. The third kappa shape index (κ3) is 41.6. The van der Waals surface area contributed by atoms with E-state index in [0.29, 0.717) is 62.0 Å². The lowest BCUT2D eigenvalue weighted by molar-refractivity contribution is -0.384. The van der Waals surface area contributed by atoms with Crippen LogP contribution in [0.25, 0.3) is 0 Å². The van der Waals surface area contributed by atoms with Crippen molar-refractivity contribution in [3.05, 3.63) is 77.0 Å². The number of nitrogen functional groups attached to an aromatic ring is 1. The Morgan fingerprint density at radius 3 is 0.814 bits per heavy atom. The molecule has 0 atom stereocenters. The van der Waals surface area contributed by atoms with Crippen LogP contribution >= 0.6 is 34.8 Å². The van der Waals surface area contributed by atoms with Crippen LogP contribution in [0.5, 0.6) is 0 Å². The minimum absolute atomic E-state index is 0.0116. The van der Waals surface area contributed by atoms with Crippen LogP contribution in [-0.2, 0) is 19.0 Å². The summed E-state index contributed by atoms with van der Waals surface area (Å²) in [7, 11) is 242. The second-order valence-corrected chi connectivity index (χ2v) is 40.4. The molecule has 94 heteroatoms. The van der Waals surface area contributed by atoms with E-state index in [4.69, 9.17) is 333 Å². The van der Waals surface area contributed by atoms with E-state index in [-0.39, 0.29) is 56.4 Å². The van der Waals surface area contributed by atoms with Crippen molar-refractivity contribution in [1.82, 2.24) is 30.1 Å². The Kier molecular flexibility index (Phi) is 59.5. The molecule has 3 N–H and O–H groups in total. The van der Waals surface area contributed by atoms with Crippen molar-refractivity contribution in [1.29, 1.82) is 0 Å². The topological polar surface area (TPSA) is 255 Å². The quantitative estimate of drug-likeness (QED) is 0.0135. The first-order chi connectivity index (χ1) is 64.1. The summed E-state index contributed by atoms with van der Waals surface area (Å²) in [6, 6.07) is 5.02. The number of nitrogens with one attached hydrogen (secondary N) is 1. The minimum atomic E-state index is -1.72. The van der Waals surface area contributed by atoms with Gasteiger partial charge >= 0.3 is 29.5 Å². The van der Waals surface area contributed by atoms with E-state index >= 15 is 0 Å². The zero-order valence-electron chi connectivity index (χ0n) is 82.6. The summed E-state index contributed by atoms with van der Waals surface area (Å²) in [5.41, 5.74) is 8.28. The molecule has 3 fully saturated rings. The lowest BCUT2D eigenvalue weighted by Gasteiger charge is -2.60. The summed E-state index contributed by atoms with van der Waals surface area (Å²) >= 11 is 17.0. The first-order valence-electron chi connectivity index (χ1n) is 45.8. The molecule has 0 aromatic carbocycles. The van der Waals surface area contributed by atoms with E-state index in [9.17, 15) is 34.6 Å². The van der Waals surface area contributed by atoms with Crippen LogP contribution in [0.15, 0.2) is 24.4 Å². The van der Waals surface area contributed by atoms with Crippen molar-refractivity contribution in [2.75, 3.05) is 81.0 Å². The van der Waals surface area contributed by atoms with Crippen LogP contribution in [0.4, 0.5) is 38.0 Å². The van der Waals surface area contributed by atoms with Crippen LogP contribution in [0.3, 0.4) is 0 Å². The number of esters is 1. The summed E-state index contributed by atoms with van der Waals surface area (Å²) < 4.78 is 16.1. The molecule has 0 bridgehead atoms. The number of anilines is 3. The van der Waals surface area contributed by atoms with E-state index in [1.165, 1.54) is 6.07 Å². The Labute approximate surface area is 914 Å². The third-order valence-electron chi connectivity index (χ3n) is 24.8. The third-order valence-corrected chi connectivity index (χ3v) is 25.6. The summed E-state index contributed by atoms with van der Waals surface area (Å²) in [6.45, 7) is 28.5. The Morgan fingerprint density at radius 2 is 0.579 bits per heavy atom. The largest absolute Gasteiger partial charge is 0.460 e. The normalized spacial score (nSPS) is 12.6. The minimum Gasteiger partial charge on any atom is -0.460 e. The highest BCUT2D eigenvalue weighted by molar-refractivity contribution is 8.40. The Balaban J connectivity index is 0.000000744. The molecule has 3 saturated heterocycles. The maximum atomic E-state index is 12.1. The lowest BCUT2D eigenvalue weighted by Crippen LogP contribution is -2.98. The first kappa shape index (κ1) is 135. The fraction of sp³-hybridized carbons (Fsp3) is 0.609. The zero-order valence-corrected chi connectivity index (χ0v) is 84.9. The smallest absolute Gasteiger partial charge is 0.410 e. The number of aryl methyl sites for hydroxylation is 3. The standard InChI is InChI=1S/C15H21ClN4O4.C15H24N4O2.C10H19NO2.C6H4Cl2N2O2.B70/c1-10-9-11(12(20(22)23)13(16)17-10)18-5-7-19(8-6-18)14(21)24-15(2,3)4;1-11-9-13(12(16)10-17-11)18-5-7-19(8-6-18)14(20)21-15(2,3)4;1-10(2,3)13-9(12)8-4-6-11-7-5-8;1-3-2-4(7)5(10(11)12)6(8)9-3;1-37(2)55(38(3)4)64(56(39(5)6)40(7)8)68(63(53(33)34)54(35)36)70(67(61(49(25)26)50(27)28)62(51(29)30)52(31)32)69(65(57(41(9)10)42(11)12)58(43(13)14)44(15)16)66(59(45(17)18)46(19)20)60(47(21)22)48(23)24/h9H,5-8H2,1-4H3;9-10H,5-8,16H2,1-4H3;8,11H,4-7H2,1-3H3;2H,1H3;. The molecule has 21 nitrogen and oxygen atoms in total. The monoisotopic (exact) mass is 1810 g/mol. The van der Waals surface area contributed by atoms with Crippen molar-refractivity contribution in [2.45, 2.75) is 113 Å². The predicted octanol–water partition coefficient (Wildman–Crippen LogP) is -17.7. The number of piperazine rings is 2. The van der Waals surface area contributed by atoms with Crippen molar-refractivity contribution < 1.29 is 38.4 Å². The van der Waals surface area contributed by atoms with E-state index in [1.807, 2.05) is 80.2 Å². The van der Waals surface area contributed by atoms with Gasteiger partial charge in [0.25, 0.3) is 0 Å². The van der Waals surface area contributed by atoms with Crippen molar-refractivity contribution >= 4 is 577 Å². The molecule has 0 spiro atoms. The lowest BCUT2D eigenvalue weighted by atomic mass is 8.21. The Bertz CT molecular complexity index is 4050. The highest BCUT2D eigenvalue weighted by atomic mass is 35.5. The average molecular weight is 1800 g/mol. The number of nitrogens with zero attached hydrogens (tertiary/aromatic N) is 9. The van der Waals surface area contributed by atoms with Crippen molar-refractivity contribution in [2.24, 2.45) is 5.92 Å². The first-order valence-corrected chi connectivity index (χ1v) is 46.9. The van der Waals surface area contributed by atoms with Gasteiger partial charge in [0.1, 0.15) is 27.5 Å². The van der Waals surface area contributed by atoms with Gasteiger partial charge in [-0.1, -0.05) is 34.8 Å². The molecule has 0 aliphatic carbocycles. The maximum absolute atomic E-state index is 12.1.